The van der Waals surface area contributed by atoms with Crippen LogP contribution in [-0.4, -0.2) is 35.5 Å². The number of hydrogen-bond acceptors (Lipinski definition) is 7. The van der Waals surface area contributed by atoms with Gasteiger partial charge in [0, 0.05) is 50.7 Å². The highest BCUT2D eigenvalue weighted by molar-refractivity contribution is 7.27. The maximum atomic E-state index is 4.73. The summed E-state index contributed by atoms with van der Waals surface area (Å²) < 4.78 is 6.04. The molecule has 2 N–H and O–H groups in total. The maximum Gasteiger partial charge on any atom is 0.127 e. The summed E-state index contributed by atoms with van der Waals surface area (Å²) in [7, 11) is 0. The minimum Gasteiger partial charge on any atom is -0.370 e. The number of hydrogen-bond donors (Lipinski definition) is 2. The van der Waals surface area contributed by atoms with Gasteiger partial charge in [-0.25, -0.2) is 0 Å². The number of rotatable bonds is 4. The second kappa shape index (κ2) is 6.23. The second-order valence-corrected chi connectivity index (χ2v) is 8.79. The summed E-state index contributed by atoms with van der Waals surface area (Å²) in [4.78, 5) is 6.67. The number of nitrogens with one attached hydrogen (secondary N) is 2. The van der Waals surface area contributed by atoms with Crippen molar-refractivity contribution in [3.05, 3.63) is 35.7 Å². The third-order valence-corrected chi connectivity index (χ3v) is 7.70. The van der Waals surface area contributed by atoms with E-state index in [-0.39, 0.29) is 0 Å². The molecule has 2 aliphatic rings. The van der Waals surface area contributed by atoms with Crippen molar-refractivity contribution in [3.63, 3.8) is 0 Å². The van der Waals surface area contributed by atoms with E-state index in [1.54, 1.807) is 11.5 Å². The van der Waals surface area contributed by atoms with Crippen molar-refractivity contribution in [2.75, 3.05) is 36.4 Å². The van der Waals surface area contributed by atoms with E-state index < -0.39 is 0 Å². The molecule has 3 aromatic rings. The zero-order chi connectivity index (χ0) is 16.8. The van der Waals surface area contributed by atoms with Gasteiger partial charge in [0.1, 0.15) is 10.5 Å². The molecule has 2 atom stereocenters. The highest BCUT2D eigenvalue weighted by Crippen LogP contribution is 2.45. The van der Waals surface area contributed by atoms with Gasteiger partial charge >= 0.3 is 0 Å². The van der Waals surface area contributed by atoms with Crippen LogP contribution in [-0.2, 0) is 6.54 Å². The molecule has 0 spiro atoms. The van der Waals surface area contributed by atoms with Gasteiger partial charge in [0.2, 0.25) is 0 Å². The molecule has 2 aliphatic heterocycles. The Labute approximate surface area is 155 Å². The minimum absolute atomic E-state index is 0.811. The summed E-state index contributed by atoms with van der Waals surface area (Å²) in [6.45, 7) is 7.76. The number of thiophene rings is 1. The Morgan fingerprint density at radius 3 is 2.76 bits per heavy atom. The molecule has 5 nitrogen and oxygen atoms in total. The molecule has 0 bridgehead atoms. The number of nitrogens with zero attached hydrogens (tertiary/aromatic N) is 3. The number of fused-ring (bicyclic) bond motifs is 2. The summed E-state index contributed by atoms with van der Waals surface area (Å²) in [5, 5.41) is 9.70. The Hall–Kier alpha value is -1.70. The molecule has 5 rings (SSSR count). The van der Waals surface area contributed by atoms with Gasteiger partial charge < -0.3 is 15.5 Å². The number of aryl methyl sites for hydroxylation is 1. The van der Waals surface area contributed by atoms with Crippen molar-refractivity contribution in [2.45, 2.75) is 13.5 Å². The fraction of sp³-hybridized carbons (Fsp3) is 0.444. The molecule has 25 heavy (non-hydrogen) atoms. The van der Waals surface area contributed by atoms with E-state index >= 15 is 0 Å². The normalized spacial score (nSPS) is 22.7. The van der Waals surface area contributed by atoms with Crippen LogP contribution in [0.4, 0.5) is 10.0 Å². The van der Waals surface area contributed by atoms with Crippen molar-refractivity contribution < 1.29 is 0 Å². The van der Waals surface area contributed by atoms with Crippen LogP contribution >= 0.6 is 22.9 Å². The fourth-order valence-corrected chi connectivity index (χ4v) is 6.21. The summed E-state index contributed by atoms with van der Waals surface area (Å²) in [6.07, 6.45) is 3.68. The molecule has 7 heteroatoms. The molecule has 5 heterocycles. The van der Waals surface area contributed by atoms with Crippen LogP contribution in [0.25, 0.3) is 10.2 Å². The van der Waals surface area contributed by atoms with Crippen LogP contribution < -0.4 is 15.5 Å². The molecular formula is C18H21N5S2. The molecule has 2 unspecified atom stereocenters. The quantitative estimate of drug-likeness (QED) is 0.737. The molecule has 2 fully saturated rings. The smallest absolute Gasteiger partial charge is 0.127 e. The molecular weight excluding hydrogens is 350 g/mol. The highest BCUT2D eigenvalue weighted by atomic mass is 32.1. The number of aromatic nitrogens is 2. The summed E-state index contributed by atoms with van der Waals surface area (Å²) in [6, 6.07) is 4.10. The maximum absolute atomic E-state index is 4.73. The lowest BCUT2D eigenvalue weighted by Gasteiger charge is -2.18. The van der Waals surface area contributed by atoms with Crippen LogP contribution in [0.3, 0.4) is 0 Å². The molecule has 130 valence electrons. The Bertz CT molecular complexity index is 876. The molecule has 0 amide bonds. The third kappa shape index (κ3) is 2.70. The SMILES string of the molecule is Cc1c(N2CC3CNCC3C2)sc2c(NCc3ccncc3)snc12. The molecule has 0 aromatic carbocycles. The first-order chi connectivity index (χ1) is 12.3. The Balaban J connectivity index is 1.39. The summed E-state index contributed by atoms with van der Waals surface area (Å²) in [5.74, 6) is 1.63. The van der Waals surface area contributed by atoms with Crippen LogP contribution in [0.2, 0.25) is 0 Å². The van der Waals surface area contributed by atoms with E-state index in [4.69, 9.17) is 4.37 Å². The van der Waals surface area contributed by atoms with Crippen molar-refractivity contribution in [1.29, 1.82) is 0 Å². The molecule has 2 saturated heterocycles. The number of pyridine rings is 1. The Kier molecular flexibility index (Phi) is 3.87. The van der Waals surface area contributed by atoms with E-state index in [1.807, 2.05) is 35.9 Å². The average Bonchev–Trinajstić information content (AvgIpc) is 3.36. The largest absolute Gasteiger partial charge is 0.370 e. The summed E-state index contributed by atoms with van der Waals surface area (Å²) >= 11 is 3.48. The van der Waals surface area contributed by atoms with E-state index in [0.717, 1.165) is 18.4 Å². The first-order valence-corrected chi connectivity index (χ1v) is 10.4. The van der Waals surface area contributed by atoms with Gasteiger partial charge in [-0.15, -0.1) is 11.3 Å². The second-order valence-electron chi connectivity index (χ2n) is 7.01. The number of anilines is 2. The first kappa shape index (κ1) is 15.5. The molecule has 3 aromatic heterocycles. The fourth-order valence-electron chi connectivity index (χ4n) is 4.01. The van der Waals surface area contributed by atoms with Crippen molar-refractivity contribution >= 4 is 43.1 Å². The predicted octanol–water partition coefficient (Wildman–Crippen LogP) is 3.33. The van der Waals surface area contributed by atoms with Crippen LogP contribution in [0.1, 0.15) is 11.1 Å². The predicted molar refractivity (Wildman–Crippen MR) is 106 cm³/mol. The topological polar surface area (TPSA) is 53.1 Å². The zero-order valence-corrected chi connectivity index (χ0v) is 15.8. The van der Waals surface area contributed by atoms with Gasteiger partial charge in [0.05, 0.1) is 9.70 Å². The lowest BCUT2D eigenvalue weighted by atomic mass is 10.0. The van der Waals surface area contributed by atoms with Crippen LogP contribution in [0, 0.1) is 18.8 Å². The van der Waals surface area contributed by atoms with Crippen LogP contribution in [0.15, 0.2) is 24.5 Å². The lowest BCUT2D eigenvalue weighted by molar-refractivity contribution is 0.533. The average molecular weight is 372 g/mol. The zero-order valence-electron chi connectivity index (χ0n) is 14.2. The van der Waals surface area contributed by atoms with Gasteiger partial charge in [0.15, 0.2) is 0 Å². The third-order valence-electron chi connectivity index (χ3n) is 5.40. The van der Waals surface area contributed by atoms with Crippen LogP contribution in [0.5, 0.6) is 0 Å². The van der Waals surface area contributed by atoms with Gasteiger partial charge in [-0.3, -0.25) is 4.98 Å². The Morgan fingerprint density at radius 1 is 1.24 bits per heavy atom. The van der Waals surface area contributed by atoms with E-state index in [0.29, 0.717) is 0 Å². The first-order valence-electron chi connectivity index (χ1n) is 8.77. The van der Waals surface area contributed by atoms with E-state index in [1.165, 1.54) is 57.5 Å². The minimum atomic E-state index is 0.811. The molecule has 0 saturated carbocycles. The standard InChI is InChI=1S/C18H21N5S2/c1-11-15-16(17(25-22-15)21-6-12-2-4-19-5-3-12)24-18(11)23-9-13-7-20-8-14(13)10-23/h2-5,13-14,20-21H,6-10H2,1H3. The van der Waals surface area contributed by atoms with Gasteiger partial charge in [0.25, 0.3) is 0 Å². The van der Waals surface area contributed by atoms with E-state index in [9.17, 15) is 0 Å². The van der Waals surface area contributed by atoms with E-state index in [2.05, 4.69) is 27.4 Å². The lowest BCUT2D eigenvalue weighted by Crippen LogP contribution is -2.25. The highest BCUT2D eigenvalue weighted by Gasteiger charge is 2.37. The molecule has 0 radical (unpaired) electrons. The summed E-state index contributed by atoms with van der Waals surface area (Å²) in [5.41, 5.74) is 3.77. The Morgan fingerprint density at radius 2 is 2.00 bits per heavy atom. The van der Waals surface area contributed by atoms with Gasteiger partial charge in [-0.2, -0.15) is 4.37 Å². The molecule has 0 aliphatic carbocycles. The van der Waals surface area contributed by atoms with Crippen molar-refractivity contribution in [1.82, 2.24) is 14.7 Å². The van der Waals surface area contributed by atoms with Crippen molar-refractivity contribution in [3.8, 4) is 0 Å². The van der Waals surface area contributed by atoms with Gasteiger partial charge in [-0.05, 0) is 48.0 Å². The van der Waals surface area contributed by atoms with Crippen molar-refractivity contribution in [2.24, 2.45) is 11.8 Å². The monoisotopic (exact) mass is 371 g/mol. The van der Waals surface area contributed by atoms with Gasteiger partial charge in [-0.1, -0.05) is 0 Å².